The van der Waals surface area contributed by atoms with Crippen LogP contribution in [0.2, 0.25) is 0 Å². The first-order valence-corrected chi connectivity index (χ1v) is 8.67. The maximum atomic E-state index is 13.4. The highest BCUT2D eigenvalue weighted by molar-refractivity contribution is 6.10. The minimum atomic E-state index is -0.190. The van der Waals surface area contributed by atoms with E-state index in [1.807, 2.05) is 18.2 Å². The van der Waals surface area contributed by atoms with Gasteiger partial charge in [0.1, 0.15) is 34.1 Å². The first kappa shape index (κ1) is 17.1. The summed E-state index contributed by atoms with van der Waals surface area (Å²) in [5.74, 6) is 2.11. The number of carbonyl (C=O) groups excluding carboxylic acids is 1. The lowest BCUT2D eigenvalue weighted by Crippen LogP contribution is -2.30. The molecule has 6 nitrogen and oxygen atoms in total. The van der Waals surface area contributed by atoms with Crippen LogP contribution in [0.1, 0.15) is 15.9 Å². The van der Waals surface area contributed by atoms with E-state index in [1.54, 1.807) is 44.4 Å². The number of nitrogens with zero attached hydrogens (tertiary/aromatic N) is 2. The zero-order chi connectivity index (χ0) is 19.0. The summed E-state index contributed by atoms with van der Waals surface area (Å²) >= 11 is 0. The van der Waals surface area contributed by atoms with E-state index in [4.69, 9.17) is 19.2 Å². The van der Waals surface area contributed by atoms with Crippen LogP contribution in [-0.2, 0) is 6.42 Å². The van der Waals surface area contributed by atoms with Crippen molar-refractivity contribution in [3.05, 3.63) is 53.6 Å². The van der Waals surface area contributed by atoms with Crippen LogP contribution in [0, 0.1) is 0 Å². The van der Waals surface area contributed by atoms with Gasteiger partial charge in [-0.05, 0) is 36.2 Å². The molecule has 0 spiro atoms. The van der Waals surface area contributed by atoms with Crippen LogP contribution < -0.4 is 19.1 Å². The number of hydrogen-bond acceptors (Lipinski definition) is 5. The van der Waals surface area contributed by atoms with Crippen LogP contribution >= 0.6 is 0 Å². The van der Waals surface area contributed by atoms with Crippen molar-refractivity contribution in [1.29, 1.82) is 0 Å². The molecule has 0 N–H and O–H groups in total. The maximum Gasteiger partial charge on any atom is 0.267 e. The third-order valence-corrected chi connectivity index (χ3v) is 4.83. The first-order chi connectivity index (χ1) is 13.2. The number of carbonyl (C=O) groups is 1. The molecule has 4 rings (SSSR count). The Hall–Kier alpha value is -3.28. The van der Waals surface area contributed by atoms with Crippen LogP contribution in [-0.4, -0.2) is 38.8 Å². The summed E-state index contributed by atoms with van der Waals surface area (Å²) in [6.07, 6.45) is 0.749. The molecule has 0 radical (unpaired) electrons. The van der Waals surface area contributed by atoms with Gasteiger partial charge in [-0.1, -0.05) is 18.2 Å². The van der Waals surface area contributed by atoms with E-state index in [2.05, 4.69) is 6.07 Å². The van der Waals surface area contributed by atoms with Gasteiger partial charge in [-0.3, -0.25) is 9.69 Å². The lowest BCUT2D eigenvalue weighted by molar-refractivity contribution is 0.0982. The molecule has 0 fully saturated rings. The summed E-state index contributed by atoms with van der Waals surface area (Å²) < 4.78 is 16.2. The van der Waals surface area contributed by atoms with Crippen LogP contribution in [0.15, 0.2) is 42.5 Å². The van der Waals surface area contributed by atoms with Crippen molar-refractivity contribution in [2.24, 2.45) is 0 Å². The molecule has 3 aromatic rings. The molecule has 138 valence electrons. The van der Waals surface area contributed by atoms with Gasteiger partial charge in [0.15, 0.2) is 0 Å². The van der Waals surface area contributed by atoms with E-state index in [-0.39, 0.29) is 5.91 Å². The van der Waals surface area contributed by atoms with Crippen molar-refractivity contribution in [3.63, 3.8) is 0 Å². The molecular formula is C21H20N2O4. The van der Waals surface area contributed by atoms with Crippen LogP contribution in [0.5, 0.6) is 17.2 Å². The SMILES string of the molecule is COc1cccc(OC)c1C(=O)N1CCc2cc3cccc(OC)c3nc21. The van der Waals surface area contributed by atoms with Crippen LogP contribution in [0.25, 0.3) is 10.9 Å². The predicted octanol–water partition coefficient (Wildman–Crippen LogP) is 3.46. The maximum absolute atomic E-state index is 13.4. The van der Waals surface area contributed by atoms with Crippen molar-refractivity contribution in [2.75, 3.05) is 32.8 Å². The number of ether oxygens (including phenoxy) is 3. The standard InChI is InChI=1S/C21H20N2O4/c1-25-15-7-5-8-16(26-2)18(15)21(24)23-11-10-14-12-13-6-4-9-17(27-3)19(13)22-20(14)23/h4-9,12H,10-11H2,1-3H3. The van der Waals surface area contributed by atoms with E-state index in [9.17, 15) is 4.79 Å². The number of anilines is 1. The fourth-order valence-electron chi connectivity index (χ4n) is 3.52. The van der Waals surface area contributed by atoms with Crippen molar-refractivity contribution in [2.45, 2.75) is 6.42 Å². The Kier molecular flexibility index (Phi) is 4.32. The van der Waals surface area contributed by atoms with E-state index >= 15 is 0 Å². The quantitative estimate of drug-likeness (QED) is 0.709. The predicted molar refractivity (Wildman–Crippen MR) is 103 cm³/mol. The van der Waals surface area contributed by atoms with Gasteiger partial charge in [-0.15, -0.1) is 0 Å². The Bertz CT molecular complexity index is 1010. The minimum Gasteiger partial charge on any atom is -0.496 e. The van der Waals surface area contributed by atoms with Crippen LogP contribution in [0.4, 0.5) is 5.82 Å². The van der Waals surface area contributed by atoms with Gasteiger partial charge in [0, 0.05) is 11.9 Å². The molecular weight excluding hydrogens is 344 g/mol. The average Bonchev–Trinajstić information content (AvgIpc) is 3.13. The highest BCUT2D eigenvalue weighted by Gasteiger charge is 2.31. The molecule has 1 aliphatic rings. The molecule has 1 aromatic heterocycles. The second kappa shape index (κ2) is 6.79. The summed E-state index contributed by atoms with van der Waals surface area (Å²) in [5.41, 5.74) is 2.18. The molecule has 1 aliphatic heterocycles. The zero-order valence-corrected chi connectivity index (χ0v) is 15.5. The summed E-state index contributed by atoms with van der Waals surface area (Å²) in [6, 6.07) is 13.2. The van der Waals surface area contributed by atoms with Gasteiger partial charge in [0.25, 0.3) is 5.91 Å². The third-order valence-electron chi connectivity index (χ3n) is 4.83. The second-order valence-corrected chi connectivity index (χ2v) is 6.25. The molecule has 0 saturated heterocycles. The van der Waals surface area contributed by atoms with Crippen molar-refractivity contribution < 1.29 is 19.0 Å². The van der Waals surface area contributed by atoms with E-state index in [1.165, 1.54) is 0 Å². The van der Waals surface area contributed by atoms with Gasteiger partial charge in [-0.25, -0.2) is 4.98 Å². The average molecular weight is 364 g/mol. The Morgan fingerprint density at radius 1 is 0.963 bits per heavy atom. The number of amides is 1. The number of pyridine rings is 1. The Morgan fingerprint density at radius 3 is 2.26 bits per heavy atom. The Morgan fingerprint density at radius 2 is 1.59 bits per heavy atom. The number of benzene rings is 2. The molecule has 0 aliphatic carbocycles. The molecule has 0 atom stereocenters. The van der Waals surface area contributed by atoms with E-state index in [0.717, 1.165) is 22.9 Å². The molecule has 2 aromatic carbocycles. The second-order valence-electron chi connectivity index (χ2n) is 6.25. The first-order valence-electron chi connectivity index (χ1n) is 8.67. The fraction of sp³-hybridized carbons (Fsp3) is 0.238. The van der Waals surface area contributed by atoms with Gasteiger partial charge >= 0.3 is 0 Å². The summed E-state index contributed by atoms with van der Waals surface area (Å²) in [4.78, 5) is 19.8. The van der Waals surface area contributed by atoms with Crippen molar-refractivity contribution >= 4 is 22.6 Å². The van der Waals surface area contributed by atoms with Gasteiger partial charge in [0.2, 0.25) is 0 Å². The van der Waals surface area contributed by atoms with E-state index in [0.29, 0.717) is 35.2 Å². The monoisotopic (exact) mass is 364 g/mol. The molecule has 0 bridgehead atoms. The zero-order valence-electron chi connectivity index (χ0n) is 15.5. The lowest BCUT2D eigenvalue weighted by atomic mass is 10.1. The Balaban J connectivity index is 1.83. The largest absolute Gasteiger partial charge is 0.496 e. The van der Waals surface area contributed by atoms with Crippen LogP contribution in [0.3, 0.4) is 0 Å². The van der Waals surface area contributed by atoms with Gasteiger partial charge in [0.05, 0.1) is 21.3 Å². The van der Waals surface area contributed by atoms with Gasteiger partial charge < -0.3 is 14.2 Å². The number of methoxy groups -OCH3 is 3. The smallest absolute Gasteiger partial charge is 0.267 e. The molecule has 6 heteroatoms. The Labute approximate surface area is 157 Å². The number of fused-ring (bicyclic) bond motifs is 2. The van der Waals surface area contributed by atoms with E-state index < -0.39 is 0 Å². The normalized spacial score (nSPS) is 12.8. The molecule has 0 unspecified atom stereocenters. The fourth-order valence-corrected chi connectivity index (χ4v) is 3.52. The number of rotatable bonds is 4. The summed E-state index contributed by atoms with van der Waals surface area (Å²) in [5, 5.41) is 0.997. The topological polar surface area (TPSA) is 60.9 Å². The lowest BCUT2D eigenvalue weighted by Gasteiger charge is -2.20. The summed E-state index contributed by atoms with van der Waals surface area (Å²) in [6.45, 7) is 0.557. The minimum absolute atomic E-state index is 0.190. The van der Waals surface area contributed by atoms with Crippen molar-refractivity contribution in [1.82, 2.24) is 4.98 Å². The number of para-hydroxylation sites is 1. The highest BCUT2D eigenvalue weighted by Crippen LogP contribution is 2.36. The highest BCUT2D eigenvalue weighted by atomic mass is 16.5. The molecule has 1 amide bonds. The molecule has 0 saturated carbocycles. The molecule has 27 heavy (non-hydrogen) atoms. The van der Waals surface area contributed by atoms with Crippen molar-refractivity contribution in [3.8, 4) is 17.2 Å². The number of hydrogen-bond donors (Lipinski definition) is 0. The van der Waals surface area contributed by atoms with Gasteiger partial charge in [-0.2, -0.15) is 0 Å². The third kappa shape index (κ3) is 2.73. The molecule has 2 heterocycles. The number of aromatic nitrogens is 1. The summed E-state index contributed by atoms with van der Waals surface area (Å²) in [7, 11) is 4.70.